The zero-order valence-corrected chi connectivity index (χ0v) is 11.4. The summed E-state index contributed by atoms with van der Waals surface area (Å²) in [7, 11) is 0. The quantitative estimate of drug-likeness (QED) is 0.924. The molecule has 0 spiro atoms. The van der Waals surface area contributed by atoms with Gasteiger partial charge < -0.3 is 10.5 Å². The van der Waals surface area contributed by atoms with Crippen molar-refractivity contribution in [3.05, 3.63) is 65.2 Å². The van der Waals surface area contributed by atoms with Gasteiger partial charge in [0, 0.05) is 12.1 Å². The van der Waals surface area contributed by atoms with E-state index in [9.17, 15) is 8.78 Å². The highest BCUT2D eigenvalue weighted by molar-refractivity contribution is 5.31. The molecule has 0 saturated carbocycles. The van der Waals surface area contributed by atoms with Gasteiger partial charge >= 0.3 is 0 Å². The summed E-state index contributed by atoms with van der Waals surface area (Å²) in [4.78, 5) is 0. The lowest BCUT2D eigenvalue weighted by Gasteiger charge is -2.24. The zero-order valence-electron chi connectivity index (χ0n) is 11.4. The van der Waals surface area contributed by atoms with Gasteiger partial charge in [0.1, 0.15) is 11.9 Å². The standard InChI is InChI=1S/C16H17F2NO/c1-10-5-3-4-6-13(10)16(11(2)19)20-12-7-8-14(17)15(18)9-12/h3-9,11,16H,19H2,1-2H3. The second kappa shape index (κ2) is 6.01. The molecule has 0 fully saturated rings. The predicted octanol–water partition coefficient (Wildman–Crippen LogP) is 3.74. The molecule has 2 unspecified atom stereocenters. The third kappa shape index (κ3) is 3.14. The Morgan fingerprint density at radius 1 is 1.05 bits per heavy atom. The van der Waals surface area contributed by atoms with Gasteiger partial charge in [0.05, 0.1) is 0 Å². The fourth-order valence-electron chi connectivity index (χ4n) is 2.06. The van der Waals surface area contributed by atoms with Crippen LogP contribution in [0.3, 0.4) is 0 Å². The van der Waals surface area contributed by atoms with Crippen molar-refractivity contribution in [1.29, 1.82) is 0 Å². The summed E-state index contributed by atoms with van der Waals surface area (Å²) in [6.45, 7) is 3.77. The summed E-state index contributed by atoms with van der Waals surface area (Å²) >= 11 is 0. The first-order valence-electron chi connectivity index (χ1n) is 6.42. The Bertz CT molecular complexity index is 599. The number of hydrogen-bond donors (Lipinski definition) is 1. The molecule has 0 aliphatic carbocycles. The fourth-order valence-corrected chi connectivity index (χ4v) is 2.06. The highest BCUT2D eigenvalue weighted by atomic mass is 19.2. The largest absolute Gasteiger partial charge is 0.484 e. The summed E-state index contributed by atoms with van der Waals surface area (Å²) in [6.07, 6.45) is -0.416. The van der Waals surface area contributed by atoms with Crippen LogP contribution >= 0.6 is 0 Å². The zero-order chi connectivity index (χ0) is 14.7. The minimum absolute atomic E-state index is 0.259. The van der Waals surface area contributed by atoms with Gasteiger partial charge in [-0.15, -0.1) is 0 Å². The summed E-state index contributed by atoms with van der Waals surface area (Å²) in [5.74, 6) is -1.57. The van der Waals surface area contributed by atoms with Gasteiger partial charge in [-0.3, -0.25) is 0 Å². The predicted molar refractivity (Wildman–Crippen MR) is 74.6 cm³/mol. The molecule has 4 heteroatoms. The number of hydrogen-bond acceptors (Lipinski definition) is 2. The molecule has 2 atom stereocenters. The summed E-state index contributed by atoms with van der Waals surface area (Å²) in [5.41, 5.74) is 7.94. The number of ether oxygens (including phenoxy) is 1. The molecule has 0 bridgehead atoms. The van der Waals surface area contributed by atoms with Crippen LogP contribution in [-0.4, -0.2) is 6.04 Å². The van der Waals surface area contributed by atoms with Gasteiger partial charge in [0.15, 0.2) is 11.6 Å². The van der Waals surface area contributed by atoms with Crippen LogP contribution < -0.4 is 10.5 Å². The van der Waals surface area contributed by atoms with Crippen molar-refractivity contribution in [2.45, 2.75) is 26.0 Å². The minimum Gasteiger partial charge on any atom is -0.484 e. The lowest BCUT2D eigenvalue weighted by atomic mass is 9.99. The van der Waals surface area contributed by atoms with E-state index in [1.54, 1.807) is 0 Å². The maximum atomic E-state index is 13.2. The summed E-state index contributed by atoms with van der Waals surface area (Å²) < 4.78 is 31.9. The van der Waals surface area contributed by atoms with Crippen LogP contribution in [0.15, 0.2) is 42.5 Å². The number of benzene rings is 2. The summed E-state index contributed by atoms with van der Waals surface area (Å²) in [5, 5.41) is 0. The van der Waals surface area contributed by atoms with E-state index in [0.29, 0.717) is 0 Å². The van der Waals surface area contributed by atoms with Crippen molar-refractivity contribution in [2.75, 3.05) is 0 Å². The second-order valence-corrected chi connectivity index (χ2v) is 4.83. The first kappa shape index (κ1) is 14.5. The van der Waals surface area contributed by atoms with E-state index in [1.165, 1.54) is 6.07 Å². The molecule has 0 aromatic heterocycles. The van der Waals surface area contributed by atoms with Crippen LogP contribution in [0.5, 0.6) is 5.75 Å². The molecule has 0 amide bonds. The van der Waals surface area contributed by atoms with E-state index >= 15 is 0 Å². The van der Waals surface area contributed by atoms with E-state index in [-0.39, 0.29) is 11.8 Å². The number of aryl methyl sites for hydroxylation is 1. The molecule has 20 heavy (non-hydrogen) atoms. The smallest absolute Gasteiger partial charge is 0.162 e. The Balaban J connectivity index is 2.31. The minimum atomic E-state index is -0.935. The monoisotopic (exact) mass is 277 g/mol. The van der Waals surface area contributed by atoms with E-state index in [4.69, 9.17) is 10.5 Å². The van der Waals surface area contributed by atoms with Crippen LogP contribution in [0, 0.1) is 18.6 Å². The van der Waals surface area contributed by atoms with Crippen LogP contribution in [0.25, 0.3) is 0 Å². The average Bonchev–Trinajstić information content (AvgIpc) is 2.41. The van der Waals surface area contributed by atoms with Crippen LogP contribution in [0.1, 0.15) is 24.2 Å². The van der Waals surface area contributed by atoms with Gasteiger partial charge in [-0.1, -0.05) is 24.3 Å². The third-order valence-electron chi connectivity index (χ3n) is 3.13. The molecular formula is C16H17F2NO. The molecule has 2 nitrogen and oxygen atoms in total. The number of halogens is 2. The first-order chi connectivity index (χ1) is 9.49. The fraction of sp³-hybridized carbons (Fsp3) is 0.250. The lowest BCUT2D eigenvalue weighted by Crippen LogP contribution is -2.29. The normalized spacial score (nSPS) is 13.8. The Morgan fingerprint density at radius 3 is 2.35 bits per heavy atom. The Labute approximate surface area is 117 Å². The van der Waals surface area contributed by atoms with Gasteiger partial charge in [0.25, 0.3) is 0 Å². The highest BCUT2D eigenvalue weighted by Gasteiger charge is 2.20. The van der Waals surface area contributed by atoms with E-state index < -0.39 is 17.7 Å². The number of rotatable bonds is 4. The van der Waals surface area contributed by atoms with E-state index in [2.05, 4.69) is 0 Å². The summed E-state index contributed by atoms with van der Waals surface area (Å²) in [6, 6.07) is 10.9. The van der Waals surface area contributed by atoms with Gasteiger partial charge in [-0.25, -0.2) is 8.78 Å². The molecule has 0 aliphatic heterocycles. The van der Waals surface area contributed by atoms with Crippen molar-refractivity contribution < 1.29 is 13.5 Å². The SMILES string of the molecule is Cc1ccccc1C(Oc1ccc(F)c(F)c1)C(C)N. The molecule has 0 saturated heterocycles. The van der Waals surface area contributed by atoms with Gasteiger partial charge in [0.2, 0.25) is 0 Å². The van der Waals surface area contributed by atoms with Crippen LogP contribution in [0.2, 0.25) is 0 Å². The van der Waals surface area contributed by atoms with Gasteiger partial charge in [-0.2, -0.15) is 0 Å². The van der Waals surface area contributed by atoms with Crippen molar-refractivity contribution >= 4 is 0 Å². The average molecular weight is 277 g/mol. The highest BCUT2D eigenvalue weighted by Crippen LogP contribution is 2.27. The molecule has 106 valence electrons. The Hall–Kier alpha value is -1.94. The van der Waals surface area contributed by atoms with Crippen LogP contribution in [-0.2, 0) is 0 Å². The topological polar surface area (TPSA) is 35.2 Å². The molecule has 2 aromatic rings. The van der Waals surface area contributed by atoms with Crippen molar-refractivity contribution in [1.82, 2.24) is 0 Å². The van der Waals surface area contributed by atoms with Crippen molar-refractivity contribution in [3.63, 3.8) is 0 Å². The van der Waals surface area contributed by atoms with E-state index in [0.717, 1.165) is 23.3 Å². The van der Waals surface area contributed by atoms with Crippen molar-refractivity contribution in [3.8, 4) is 5.75 Å². The Kier molecular flexibility index (Phi) is 4.35. The molecule has 2 N–H and O–H groups in total. The number of nitrogens with two attached hydrogens (primary N) is 1. The molecule has 0 radical (unpaired) electrons. The van der Waals surface area contributed by atoms with E-state index in [1.807, 2.05) is 38.1 Å². The lowest BCUT2D eigenvalue weighted by molar-refractivity contribution is 0.178. The first-order valence-corrected chi connectivity index (χ1v) is 6.42. The molecule has 0 aliphatic rings. The van der Waals surface area contributed by atoms with Gasteiger partial charge in [-0.05, 0) is 37.1 Å². The molecular weight excluding hydrogens is 260 g/mol. The Morgan fingerprint density at radius 2 is 1.75 bits per heavy atom. The maximum absolute atomic E-state index is 13.2. The third-order valence-corrected chi connectivity index (χ3v) is 3.13. The second-order valence-electron chi connectivity index (χ2n) is 4.83. The molecule has 2 aromatic carbocycles. The van der Waals surface area contributed by atoms with Crippen molar-refractivity contribution in [2.24, 2.45) is 5.73 Å². The van der Waals surface area contributed by atoms with Crippen LogP contribution in [0.4, 0.5) is 8.78 Å². The molecule has 0 heterocycles. The maximum Gasteiger partial charge on any atom is 0.162 e. The molecule has 2 rings (SSSR count).